The zero-order chi connectivity index (χ0) is 15.0. The molecule has 0 bridgehead atoms. The van der Waals surface area contributed by atoms with Crippen LogP contribution in [-0.4, -0.2) is 15.0 Å². The normalized spacial score (nSPS) is 13.6. The van der Waals surface area contributed by atoms with Gasteiger partial charge in [-0.2, -0.15) is 0 Å². The molecule has 110 valence electrons. The van der Waals surface area contributed by atoms with E-state index < -0.39 is 10.0 Å². The van der Waals surface area contributed by atoms with Crippen LogP contribution in [0.5, 0.6) is 0 Å². The van der Waals surface area contributed by atoms with Crippen LogP contribution in [0.1, 0.15) is 5.56 Å². The number of nitrogens with one attached hydrogen (secondary N) is 2. The summed E-state index contributed by atoms with van der Waals surface area (Å²) in [5.41, 5.74) is 2.35. The Morgan fingerprint density at radius 2 is 2.00 bits per heavy atom. The SMILES string of the molecule is O=S(=O)(Nc1cc(Br)ccc1Cl)c1ccc2c(c1)NCC2. The molecule has 0 aliphatic carbocycles. The highest BCUT2D eigenvalue weighted by Crippen LogP contribution is 2.30. The number of benzene rings is 2. The molecule has 21 heavy (non-hydrogen) atoms. The van der Waals surface area contributed by atoms with Gasteiger partial charge in [-0.15, -0.1) is 0 Å². The maximum absolute atomic E-state index is 12.5. The third-order valence-corrected chi connectivity index (χ3v) is 5.46. The molecule has 0 saturated carbocycles. The van der Waals surface area contributed by atoms with Crippen LogP contribution in [0.3, 0.4) is 0 Å². The summed E-state index contributed by atoms with van der Waals surface area (Å²) in [5, 5.41) is 3.52. The minimum atomic E-state index is -3.67. The summed E-state index contributed by atoms with van der Waals surface area (Å²) in [7, 11) is -3.67. The van der Waals surface area contributed by atoms with Crippen LogP contribution in [0.2, 0.25) is 5.02 Å². The van der Waals surface area contributed by atoms with Crippen LogP contribution in [0.15, 0.2) is 45.8 Å². The number of sulfonamides is 1. The Hall–Kier alpha value is -1.24. The quantitative estimate of drug-likeness (QED) is 0.840. The van der Waals surface area contributed by atoms with Crippen molar-refractivity contribution in [3.8, 4) is 0 Å². The Kier molecular flexibility index (Phi) is 3.86. The number of halogens is 2. The lowest BCUT2D eigenvalue weighted by Gasteiger charge is -2.11. The van der Waals surface area contributed by atoms with Crippen LogP contribution in [0.25, 0.3) is 0 Å². The Morgan fingerprint density at radius 3 is 2.81 bits per heavy atom. The first-order valence-corrected chi connectivity index (χ1v) is 8.96. The van der Waals surface area contributed by atoms with Crippen molar-refractivity contribution in [1.82, 2.24) is 0 Å². The summed E-state index contributed by atoms with van der Waals surface area (Å²) in [4.78, 5) is 0.215. The number of fused-ring (bicyclic) bond motifs is 1. The first kappa shape index (κ1) is 14.7. The minimum Gasteiger partial charge on any atom is -0.384 e. The fraction of sp³-hybridized carbons (Fsp3) is 0.143. The van der Waals surface area contributed by atoms with E-state index in [0.29, 0.717) is 10.7 Å². The molecule has 2 N–H and O–H groups in total. The van der Waals surface area contributed by atoms with Crippen molar-refractivity contribution in [2.45, 2.75) is 11.3 Å². The van der Waals surface area contributed by atoms with E-state index >= 15 is 0 Å². The Balaban J connectivity index is 1.95. The van der Waals surface area contributed by atoms with E-state index in [1.165, 1.54) is 0 Å². The zero-order valence-electron chi connectivity index (χ0n) is 10.9. The molecule has 0 aromatic heterocycles. The molecule has 0 saturated heterocycles. The third-order valence-electron chi connectivity index (χ3n) is 3.27. The molecule has 7 heteroatoms. The molecule has 0 radical (unpaired) electrons. The monoisotopic (exact) mass is 386 g/mol. The molecular weight excluding hydrogens is 376 g/mol. The summed E-state index contributed by atoms with van der Waals surface area (Å²) in [6.07, 6.45) is 0.917. The molecule has 3 rings (SSSR count). The van der Waals surface area contributed by atoms with E-state index in [2.05, 4.69) is 26.0 Å². The Morgan fingerprint density at radius 1 is 1.19 bits per heavy atom. The molecule has 1 aliphatic heterocycles. The summed E-state index contributed by atoms with van der Waals surface area (Å²) >= 11 is 9.32. The number of hydrogen-bond donors (Lipinski definition) is 2. The Labute approximate surface area is 136 Å². The van der Waals surface area contributed by atoms with Crippen molar-refractivity contribution < 1.29 is 8.42 Å². The second-order valence-electron chi connectivity index (χ2n) is 4.73. The summed E-state index contributed by atoms with van der Waals surface area (Å²) in [5.74, 6) is 0. The van der Waals surface area contributed by atoms with Crippen molar-refractivity contribution in [3.05, 3.63) is 51.5 Å². The van der Waals surface area contributed by atoms with Crippen molar-refractivity contribution in [1.29, 1.82) is 0 Å². The van der Waals surface area contributed by atoms with Crippen LogP contribution in [0.4, 0.5) is 11.4 Å². The van der Waals surface area contributed by atoms with Gasteiger partial charge in [0.1, 0.15) is 0 Å². The van der Waals surface area contributed by atoms with Gasteiger partial charge >= 0.3 is 0 Å². The maximum Gasteiger partial charge on any atom is 0.262 e. The second-order valence-corrected chi connectivity index (χ2v) is 7.73. The van der Waals surface area contributed by atoms with Gasteiger partial charge in [0.15, 0.2) is 0 Å². The average molecular weight is 388 g/mol. The number of rotatable bonds is 3. The Bertz CT molecular complexity index is 809. The second kappa shape index (κ2) is 5.51. The molecule has 0 atom stereocenters. The molecule has 0 fully saturated rings. The van der Waals surface area contributed by atoms with Crippen LogP contribution < -0.4 is 10.0 Å². The van der Waals surface area contributed by atoms with Crippen molar-refractivity contribution in [2.75, 3.05) is 16.6 Å². The van der Waals surface area contributed by atoms with Gasteiger partial charge in [-0.1, -0.05) is 33.6 Å². The molecule has 0 unspecified atom stereocenters. The van der Waals surface area contributed by atoms with Gasteiger partial charge in [0.25, 0.3) is 10.0 Å². The molecule has 1 aliphatic rings. The average Bonchev–Trinajstić information content (AvgIpc) is 2.90. The molecule has 4 nitrogen and oxygen atoms in total. The number of anilines is 2. The minimum absolute atomic E-state index is 0.215. The molecule has 1 heterocycles. The molecule has 2 aromatic rings. The van der Waals surface area contributed by atoms with Gasteiger partial charge in [-0.05, 0) is 42.3 Å². The van der Waals surface area contributed by atoms with Crippen LogP contribution in [-0.2, 0) is 16.4 Å². The highest BCUT2D eigenvalue weighted by Gasteiger charge is 2.19. The van der Waals surface area contributed by atoms with E-state index in [4.69, 9.17) is 11.6 Å². The predicted octanol–water partition coefficient (Wildman–Crippen LogP) is 3.87. The van der Waals surface area contributed by atoms with Gasteiger partial charge in [-0.3, -0.25) is 4.72 Å². The van der Waals surface area contributed by atoms with Gasteiger partial charge in [0, 0.05) is 16.7 Å². The standard InChI is InChI=1S/C14H12BrClN2O2S/c15-10-2-4-12(16)14(7-10)18-21(19,20)11-3-1-9-5-6-17-13(9)8-11/h1-4,7-8,17-18H,5-6H2. The first-order chi connectivity index (χ1) is 9.95. The lowest BCUT2D eigenvalue weighted by Crippen LogP contribution is -2.13. The van der Waals surface area contributed by atoms with Crippen molar-refractivity contribution in [3.63, 3.8) is 0 Å². The number of hydrogen-bond acceptors (Lipinski definition) is 3. The van der Waals surface area contributed by atoms with E-state index in [9.17, 15) is 8.42 Å². The van der Waals surface area contributed by atoms with E-state index in [1.54, 1.807) is 30.3 Å². The van der Waals surface area contributed by atoms with E-state index in [1.807, 2.05) is 6.07 Å². The topological polar surface area (TPSA) is 58.2 Å². The molecule has 2 aromatic carbocycles. The van der Waals surface area contributed by atoms with Crippen molar-refractivity contribution >= 4 is 48.9 Å². The zero-order valence-corrected chi connectivity index (χ0v) is 14.0. The largest absolute Gasteiger partial charge is 0.384 e. The highest BCUT2D eigenvalue weighted by molar-refractivity contribution is 9.10. The molecule has 0 spiro atoms. The third kappa shape index (κ3) is 3.02. The smallest absolute Gasteiger partial charge is 0.262 e. The van der Waals surface area contributed by atoms with Gasteiger partial charge in [0.2, 0.25) is 0 Å². The van der Waals surface area contributed by atoms with Crippen molar-refractivity contribution in [2.24, 2.45) is 0 Å². The molecular formula is C14H12BrClN2O2S. The summed E-state index contributed by atoms with van der Waals surface area (Å²) in [6, 6.07) is 10.1. The van der Waals surface area contributed by atoms with Gasteiger partial charge < -0.3 is 5.32 Å². The lowest BCUT2D eigenvalue weighted by molar-refractivity contribution is 0.601. The highest BCUT2D eigenvalue weighted by atomic mass is 79.9. The predicted molar refractivity (Wildman–Crippen MR) is 88.6 cm³/mol. The van der Waals surface area contributed by atoms with Gasteiger partial charge in [-0.25, -0.2) is 8.42 Å². The summed E-state index contributed by atoms with van der Waals surface area (Å²) in [6.45, 7) is 0.837. The summed E-state index contributed by atoms with van der Waals surface area (Å²) < 4.78 is 28.2. The maximum atomic E-state index is 12.5. The molecule has 0 amide bonds. The van der Waals surface area contributed by atoms with Gasteiger partial charge in [0.05, 0.1) is 15.6 Å². The van der Waals surface area contributed by atoms with E-state index in [-0.39, 0.29) is 4.90 Å². The fourth-order valence-corrected chi connectivity index (χ4v) is 3.89. The lowest BCUT2D eigenvalue weighted by atomic mass is 10.2. The fourth-order valence-electron chi connectivity index (χ4n) is 2.22. The van der Waals surface area contributed by atoms with Crippen LogP contribution in [0, 0.1) is 0 Å². The van der Waals surface area contributed by atoms with Crippen LogP contribution >= 0.6 is 27.5 Å². The first-order valence-electron chi connectivity index (χ1n) is 6.30. The van der Waals surface area contributed by atoms with E-state index in [0.717, 1.165) is 28.7 Å².